The lowest BCUT2D eigenvalue weighted by atomic mass is 10.2. The van der Waals surface area contributed by atoms with Gasteiger partial charge < -0.3 is 4.90 Å². The van der Waals surface area contributed by atoms with Crippen molar-refractivity contribution < 1.29 is 4.79 Å². The van der Waals surface area contributed by atoms with Gasteiger partial charge in [-0.1, -0.05) is 0 Å². The minimum absolute atomic E-state index is 0.115. The topological polar surface area (TPSA) is 88.3 Å². The molecule has 3 aromatic heterocycles. The molecule has 0 unspecified atom stereocenters. The maximum Gasteiger partial charge on any atom is 0.276 e. The second kappa shape index (κ2) is 5.14. The molecule has 3 heterocycles. The predicted octanol–water partition coefficient (Wildman–Crippen LogP) is 0.609. The van der Waals surface area contributed by atoms with Crippen molar-refractivity contribution in [1.29, 1.82) is 0 Å². The molecule has 0 atom stereocenters. The maximum absolute atomic E-state index is 12.3. The highest BCUT2D eigenvalue weighted by Crippen LogP contribution is 2.12. The Balaban J connectivity index is 2.10. The van der Waals surface area contributed by atoms with Crippen molar-refractivity contribution in [3.8, 4) is 5.95 Å². The SMILES string of the molecule is CCN(C)C(=O)c1cnn(-c2nn3cccc3c(=O)[nH]2)c1C. The van der Waals surface area contributed by atoms with E-state index in [9.17, 15) is 9.59 Å². The minimum atomic E-state index is -0.261. The van der Waals surface area contributed by atoms with E-state index in [1.54, 1.807) is 37.2 Å². The van der Waals surface area contributed by atoms with Crippen LogP contribution in [0.15, 0.2) is 29.3 Å². The van der Waals surface area contributed by atoms with E-state index >= 15 is 0 Å². The number of nitrogens with one attached hydrogen (secondary N) is 1. The maximum atomic E-state index is 12.3. The van der Waals surface area contributed by atoms with Crippen LogP contribution in [-0.2, 0) is 0 Å². The Morgan fingerprint density at radius 2 is 2.23 bits per heavy atom. The summed E-state index contributed by atoms with van der Waals surface area (Å²) in [5.41, 5.74) is 1.30. The van der Waals surface area contributed by atoms with Crippen LogP contribution in [0.5, 0.6) is 0 Å². The second-order valence-electron chi connectivity index (χ2n) is 4.99. The van der Waals surface area contributed by atoms with Crippen molar-refractivity contribution in [3.05, 3.63) is 46.1 Å². The molecule has 8 heteroatoms. The minimum Gasteiger partial charge on any atom is -0.342 e. The summed E-state index contributed by atoms with van der Waals surface area (Å²) in [6.07, 6.45) is 3.17. The third kappa shape index (κ3) is 2.09. The van der Waals surface area contributed by atoms with Crippen LogP contribution in [0.2, 0.25) is 0 Å². The predicted molar refractivity (Wildman–Crippen MR) is 80.3 cm³/mol. The number of carbonyl (C=O) groups is 1. The highest BCUT2D eigenvalue weighted by atomic mass is 16.2. The fourth-order valence-electron chi connectivity index (χ4n) is 2.21. The van der Waals surface area contributed by atoms with Gasteiger partial charge in [-0.15, -0.1) is 5.10 Å². The van der Waals surface area contributed by atoms with Gasteiger partial charge in [0.15, 0.2) is 0 Å². The molecule has 0 saturated heterocycles. The van der Waals surface area contributed by atoms with E-state index < -0.39 is 0 Å². The van der Waals surface area contributed by atoms with Crippen LogP contribution in [0.3, 0.4) is 0 Å². The van der Waals surface area contributed by atoms with Gasteiger partial charge in [0.05, 0.1) is 17.5 Å². The van der Waals surface area contributed by atoms with Gasteiger partial charge >= 0.3 is 0 Å². The monoisotopic (exact) mass is 300 g/mol. The number of aromatic nitrogens is 5. The van der Waals surface area contributed by atoms with Crippen LogP contribution in [-0.4, -0.2) is 48.8 Å². The molecule has 3 rings (SSSR count). The molecule has 0 aromatic carbocycles. The molecule has 114 valence electrons. The largest absolute Gasteiger partial charge is 0.342 e. The first-order valence-corrected chi connectivity index (χ1v) is 6.91. The summed E-state index contributed by atoms with van der Waals surface area (Å²) >= 11 is 0. The smallest absolute Gasteiger partial charge is 0.276 e. The summed E-state index contributed by atoms with van der Waals surface area (Å²) in [5, 5.41) is 8.48. The molecule has 0 aliphatic carbocycles. The lowest BCUT2D eigenvalue weighted by Gasteiger charge is -2.13. The number of carbonyl (C=O) groups excluding carboxylic acids is 1. The van der Waals surface area contributed by atoms with Crippen molar-refractivity contribution >= 4 is 11.4 Å². The molecule has 0 spiro atoms. The lowest BCUT2D eigenvalue weighted by Crippen LogP contribution is -2.26. The summed E-state index contributed by atoms with van der Waals surface area (Å²) in [4.78, 5) is 28.5. The standard InChI is InChI=1S/C14H16N6O2/c1-4-18(3)13(22)10-8-15-20(9(10)2)14-16-12(21)11-6-5-7-19(11)17-14/h5-8H,4H2,1-3H3,(H,16,17,21). The van der Waals surface area contributed by atoms with E-state index in [2.05, 4.69) is 15.2 Å². The molecule has 0 aliphatic heterocycles. The molecule has 1 N–H and O–H groups in total. The summed E-state index contributed by atoms with van der Waals surface area (Å²) in [6.45, 7) is 4.27. The van der Waals surface area contributed by atoms with E-state index in [0.717, 1.165) is 0 Å². The highest BCUT2D eigenvalue weighted by molar-refractivity contribution is 5.95. The molecule has 0 radical (unpaired) electrons. The van der Waals surface area contributed by atoms with Crippen molar-refractivity contribution in [3.63, 3.8) is 0 Å². The van der Waals surface area contributed by atoms with E-state index in [-0.39, 0.29) is 17.4 Å². The number of hydrogen-bond acceptors (Lipinski definition) is 4. The first-order valence-electron chi connectivity index (χ1n) is 6.91. The Hall–Kier alpha value is -2.90. The van der Waals surface area contributed by atoms with Crippen molar-refractivity contribution in [1.82, 2.24) is 29.3 Å². The zero-order valence-electron chi connectivity index (χ0n) is 12.6. The number of fused-ring (bicyclic) bond motifs is 1. The van der Waals surface area contributed by atoms with Crippen LogP contribution in [0, 0.1) is 6.92 Å². The number of rotatable bonds is 3. The van der Waals surface area contributed by atoms with Crippen LogP contribution >= 0.6 is 0 Å². The molecule has 0 aliphatic rings. The van der Waals surface area contributed by atoms with Gasteiger partial charge in [0.25, 0.3) is 11.5 Å². The van der Waals surface area contributed by atoms with E-state index in [0.29, 0.717) is 23.3 Å². The Bertz CT molecular complexity index is 904. The van der Waals surface area contributed by atoms with Crippen LogP contribution in [0.1, 0.15) is 23.0 Å². The third-order valence-electron chi connectivity index (χ3n) is 3.65. The van der Waals surface area contributed by atoms with Crippen molar-refractivity contribution in [2.24, 2.45) is 0 Å². The zero-order chi connectivity index (χ0) is 15.9. The van der Waals surface area contributed by atoms with Crippen LogP contribution < -0.4 is 5.56 Å². The average Bonchev–Trinajstić information content (AvgIpc) is 3.12. The molecule has 1 amide bonds. The van der Waals surface area contributed by atoms with Gasteiger partial charge in [-0.25, -0.2) is 9.20 Å². The van der Waals surface area contributed by atoms with E-state index in [1.807, 2.05) is 6.92 Å². The van der Waals surface area contributed by atoms with E-state index in [4.69, 9.17) is 0 Å². The van der Waals surface area contributed by atoms with Gasteiger partial charge in [-0.05, 0) is 26.0 Å². The number of aromatic amines is 1. The fourth-order valence-corrected chi connectivity index (χ4v) is 2.21. The van der Waals surface area contributed by atoms with Gasteiger partial charge in [0.2, 0.25) is 5.95 Å². The van der Waals surface area contributed by atoms with Gasteiger partial charge in [0, 0.05) is 19.8 Å². The van der Waals surface area contributed by atoms with Crippen LogP contribution in [0.4, 0.5) is 0 Å². The molecular formula is C14H16N6O2. The van der Waals surface area contributed by atoms with Crippen molar-refractivity contribution in [2.75, 3.05) is 13.6 Å². The zero-order valence-corrected chi connectivity index (χ0v) is 12.6. The quantitative estimate of drug-likeness (QED) is 0.767. The number of hydrogen-bond donors (Lipinski definition) is 1. The normalized spacial score (nSPS) is 11.0. The second-order valence-corrected chi connectivity index (χ2v) is 4.99. The Kier molecular flexibility index (Phi) is 3.28. The molecule has 8 nitrogen and oxygen atoms in total. The number of nitrogens with zero attached hydrogens (tertiary/aromatic N) is 5. The highest BCUT2D eigenvalue weighted by Gasteiger charge is 2.19. The Morgan fingerprint density at radius 1 is 1.45 bits per heavy atom. The van der Waals surface area contributed by atoms with Gasteiger partial charge in [-0.2, -0.15) is 5.10 Å². The molecule has 0 bridgehead atoms. The number of amides is 1. The summed E-state index contributed by atoms with van der Waals surface area (Å²) in [5.74, 6) is 0.153. The van der Waals surface area contributed by atoms with Crippen LogP contribution in [0.25, 0.3) is 11.5 Å². The molecule has 0 fully saturated rings. The fraction of sp³-hybridized carbons (Fsp3) is 0.286. The molecule has 0 saturated carbocycles. The Morgan fingerprint density at radius 3 is 2.95 bits per heavy atom. The summed E-state index contributed by atoms with van der Waals surface area (Å²) < 4.78 is 2.94. The third-order valence-corrected chi connectivity index (χ3v) is 3.65. The first-order chi connectivity index (χ1) is 10.5. The van der Waals surface area contributed by atoms with Gasteiger partial charge in [-0.3, -0.25) is 14.6 Å². The first kappa shape index (κ1) is 14.1. The number of H-pyrrole nitrogens is 1. The van der Waals surface area contributed by atoms with E-state index in [1.165, 1.54) is 15.4 Å². The average molecular weight is 300 g/mol. The lowest BCUT2D eigenvalue weighted by molar-refractivity contribution is 0.0801. The Labute approximate surface area is 126 Å². The summed E-state index contributed by atoms with van der Waals surface area (Å²) in [6, 6.07) is 3.42. The molecule has 22 heavy (non-hydrogen) atoms. The molecular weight excluding hydrogens is 284 g/mol. The molecule has 3 aromatic rings. The van der Waals surface area contributed by atoms with Gasteiger partial charge in [0.1, 0.15) is 5.52 Å². The van der Waals surface area contributed by atoms with Crippen molar-refractivity contribution in [2.45, 2.75) is 13.8 Å². The summed E-state index contributed by atoms with van der Waals surface area (Å²) in [7, 11) is 1.73.